The van der Waals surface area contributed by atoms with Crippen molar-refractivity contribution in [2.24, 2.45) is 0 Å². The molecule has 8 heteroatoms. The average molecular weight is 635 g/mol. The number of likely N-dealkylation sites (N-methyl/N-ethyl adjacent to an activating group) is 2. The highest BCUT2D eigenvalue weighted by Crippen LogP contribution is 2.39. The summed E-state index contributed by atoms with van der Waals surface area (Å²) < 4.78 is 6.12. The molecule has 0 radical (unpaired) electrons. The average Bonchev–Trinajstić information content (AvgIpc) is 3.15. The summed E-state index contributed by atoms with van der Waals surface area (Å²) in [6.07, 6.45) is 18.9. The minimum atomic E-state index is -0.670. The molecule has 0 N–H and O–H groups in total. The van der Waals surface area contributed by atoms with E-state index in [0.717, 1.165) is 19.3 Å². The van der Waals surface area contributed by atoms with Gasteiger partial charge in [-0.25, -0.2) is 0 Å². The second kappa shape index (κ2) is 16.9. The first-order chi connectivity index (χ1) is 20.9. The third-order valence-electron chi connectivity index (χ3n) is 11.2. The van der Waals surface area contributed by atoms with Crippen molar-refractivity contribution >= 4 is 17.8 Å². The molecule has 2 aliphatic heterocycles. The molecular formula is C37H70N4O4. The number of carbonyl (C=O) groups is 3. The summed E-state index contributed by atoms with van der Waals surface area (Å²) in [5.41, 5.74) is -2.45. The quantitative estimate of drug-likeness (QED) is 0.0950. The minimum absolute atomic E-state index is 0.00270. The van der Waals surface area contributed by atoms with Crippen LogP contribution < -0.4 is 0 Å². The Labute approximate surface area is 277 Å². The van der Waals surface area contributed by atoms with E-state index in [0.29, 0.717) is 6.42 Å². The molecule has 0 saturated carbocycles. The first kappa shape index (κ1) is 39.5. The second-order valence-electron chi connectivity index (χ2n) is 15.9. The van der Waals surface area contributed by atoms with Crippen molar-refractivity contribution in [3.8, 4) is 0 Å². The number of hydrogen-bond donors (Lipinski definition) is 0. The van der Waals surface area contributed by atoms with Crippen LogP contribution in [0.4, 0.5) is 0 Å². The Bertz CT molecular complexity index is 908. The standard InChI is InChI=1S/C37H70N4O4/c1-12-13-14-15-16-17-18-19-20-21-22-23-24-25-26-27-31(42)45-30(28-40-32(43)34(2,3)38(10)36(40,6)7)29-41-33(44)35(4,5)39(11)37(41,8)9/h30H,12-29H2,1-11H3. The third-order valence-corrected chi connectivity index (χ3v) is 11.2. The van der Waals surface area contributed by atoms with Crippen LogP contribution in [0.1, 0.15) is 165 Å². The minimum Gasteiger partial charge on any atom is -0.459 e. The molecule has 0 unspecified atom stereocenters. The summed E-state index contributed by atoms with van der Waals surface area (Å²) in [4.78, 5) is 48.0. The number of rotatable bonds is 21. The first-order valence-electron chi connectivity index (χ1n) is 18.2. The van der Waals surface area contributed by atoms with Crippen LogP contribution >= 0.6 is 0 Å². The molecule has 2 aliphatic rings. The zero-order valence-electron chi connectivity index (χ0n) is 31.2. The molecule has 0 aromatic rings. The van der Waals surface area contributed by atoms with E-state index in [-0.39, 0.29) is 30.9 Å². The Kier molecular flexibility index (Phi) is 14.9. The van der Waals surface area contributed by atoms with Gasteiger partial charge in [-0.2, -0.15) is 0 Å². The van der Waals surface area contributed by atoms with E-state index in [1.807, 2.05) is 79.3 Å². The first-order valence-corrected chi connectivity index (χ1v) is 18.2. The molecule has 2 saturated heterocycles. The molecule has 0 aromatic carbocycles. The monoisotopic (exact) mass is 635 g/mol. The Hall–Kier alpha value is -1.67. The summed E-state index contributed by atoms with van der Waals surface area (Å²) >= 11 is 0. The molecule has 45 heavy (non-hydrogen) atoms. The lowest BCUT2D eigenvalue weighted by Gasteiger charge is -2.41. The van der Waals surface area contributed by atoms with Gasteiger partial charge in [0.1, 0.15) is 6.10 Å². The highest BCUT2D eigenvalue weighted by molar-refractivity contribution is 5.89. The lowest BCUT2D eigenvalue weighted by Crippen LogP contribution is -2.55. The lowest BCUT2D eigenvalue weighted by molar-refractivity contribution is -0.157. The third kappa shape index (κ3) is 9.92. The molecule has 8 nitrogen and oxygen atoms in total. The van der Waals surface area contributed by atoms with Crippen molar-refractivity contribution in [1.82, 2.24) is 19.6 Å². The molecule has 2 fully saturated rings. The fraction of sp³-hybridized carbons (Fsp3) is 0.919. The summed E-state index contributed by atoms with van der Waals surface area (Å²) in [6.45, 7) is 18.6. The largest absolute Gasteiger partial charge is 0.459 e. The number of hydrogen-bond acceptors (Lipinski definition) is 6. The van der Waals surface area contributed by atoms with Gasteiger partial charge in [-0.15, -0.1) is 0 Å². The topological polar surface area (TPSA) is 73.4 Å². The van der Waals surface area contributed by atoms with Gasteiger partial charge in [0, 0.05) is 6.42 Å². The number of ether oxygens (including phenoxy) is 1. The Morgan fingerprint density at radius 2 is 0.889 bits per heavy atom. The Balaban J connectivity index is 1.85. The zero-order valence-corrected chi connectivity index (χ0v) is 31.2. The van der Waals surface area contributed by atoms with Crippen LogP contribution in [0.3, 0.4) is 0 Å². The predicted molar refractivity (Wildman–Crippen MR) is 185 cm³/mol. The van der Waals surface area contributed by atoms with Gasteiger partial charge in [-0.1, -0.05) is 96.8 Å². The Morgan fingerprint density at radius 1 is 0.578 bits per heavy atom. The van der Waals surface area contributed by atoms with Crippen LogP contribution in [-0.2, 0) is 19.1 Å². The van der Waals surface area contributed by atoms with Crippen LogP contribution in [0.2, 0.25) is 0 Å². The molecule has 0 atom stereocenters. The fourth-order valence-electron chi connectivity index (χ4n) is 7.21. The number of unbranched alkanes of at least 4 members (excludes halogenated alkanes) is 14. The predicted octanol–water partition coefficient (Wildman–Crippen LogP) is 7.74. The van der Waals surface area contributed by atoms with Crippen LogP contribution in [0.5, 0.6) is 0 Å². The van der Waals surface area contributed by atoms with Crippen molar-refractivity contribution in [3.63, 3.8) is 0 Å². The van der Waals surface area contributed by atoms with Gasteiger partial charge in [-0.3, -0.25) is 24.2 Å². The van der Waals surface area contributed by atoms with Gasteiger partial charge in [-0.05, 0) is 75.9 Å². The fourth-order valence-corrected chi connectivity index (χ4v) is 7.21. The summed E-state index contributed by atoms with van der Waals surface area (Å²) in [5, 5.41) is 0. The zero-order chi connectivity index (χ0) is 34.1. The van der Waals surface area contributed by atoms with Gasteiger partial charge in [0.25, 0.3) is 0 Å². The van der Waals surface area contributed by atoms with Crippen LogP contribution in [0.15, 0.2) is 0 Å². The van der Waals surface area contributed by atoms with Gasteiger partial charge in [0.05, 0.1) is 35.5 Å². The van der Waals surface area contributed by atoms with Crippen molar-refractivity contribution in [2.45, 2.75) is 194 Å². The van der Waals surface area contributed by atoms with E-state index in [4.69, 9.17) is 4.74 Å². The second-order valence-corrected chi connectivity index (χ2v) is 15.9. The van der Waals surface area contributed by atoms with Crippen LogP contribution in [0, 0.1) is 0 Å². The molecule has 0 spiro atoms. The highest BCUT2D eigenvalue weighted by atomic mass is 16.5. The van der Waals surface area contributed by atoms with E-state index in [1.54, 1.807) is 0 Å². The van der Waals surface area contributed by atoms with E-state index < -0.39 is 28.5 Å². The molecule has 0 aromatic heterocycles. The van der Waals surface area contributed by atoms with Gasteiger partial charge in [0.15, 0.2) is 0 Å². The SMILES string of the molecule is CCCCCCCCCCCCCCCCCC(=O)OC(CN1C(=O)C(C)(C)N(C)C1(C)C)CN1C(=O)C(C)(C)N(C)C1(C)C. The maximum Gasteiger partial charge on any atom is 0.306 e. The number of amides is 2. The van der Waals surface area contributed by atoms with E-state index in [1.165, 1.54) is 77.0 Å². The number of carbonyl (C=O) groups excluding carboxylic acids is 3. The van der Waals surface area contributed by atoms with Crippen molar-refractivity contribution < 1.29 is 19.1 Å². The molecular weight excluding hydrogens is 564 g/mol. The molecule has 2 amide bonds. The van der Waals surface area contributed by atoms with E-state index >= 15 is 0 Å². The van der Waals surface area contributed by atoms with E-state index in [2.05, 4.69) is 16.7 Å². The highest BCUT2D eigenvalue weighted by Gasteiger charge is 2.57. The van der Waals surface area contributed by atoms with Gasteiger partial charge < -0.3 is 14.5 Å². The van der Waals surface area contributed by atoms with Crippen molar-refractivity contribution in [3.05, 3.63) is 0 Å². The van der Waals surface area contributed by atoms with Crippen molar-refractivity contribution in [1.29, 1.82) is 0 Å². The van der Waals surface area contributed by atoms with E-state index in [9.17, 15) is 14.4 Å². The van der Waals surface area contributed by atoms with Crippen LogP contribution in [0.25, 0.3) is 0 Å². The van der Waals surface area contributed by atoms with Gasteiger partial charge in [0.2, 0.25) is 11.8 Å². The smallest absolute Gasteiger partial charge is 0.306 e. The normalized spacial score (nSPS) is 21.0. The molecule has 0 aliphatic carbocycles. The maximum atomic E-state index is 13.5. The molecule has 2 heterocycles. The van der Waals surface area contributed by atoms with Gasteiger partial charge >= 0.3 is 5.97 Å². The van der Waals surface area contributed by atoms with Crippen LogP contribution in [-0.4, -0.2) is 93.1 Å². The summed E-state index contributed by atoms with van der Waals surface area (Å²) in [7, 11) is 3.92. The number of nitrogens with zero attached hydrogens (tertiary/aromatic N) is 4. The molecule has 262 valence electrons. The maximum absolute atomic E-state index is 13.5. The van der Waals surface area contributed by atoms with Crippen molar-refractivity contribution in [2.75, 3.05) is 27.2 Å². The molecule has 0 bridgehead atoms. The summed E-state index contributed by atoms with van der Waals surface area (Å²) in [5.74, 6) is -0.241. The Morgan fingerprint density at radius 3 is 1.18 bits per heavy atom. The lowest BCUT2D eigenvalue weighted by atomic mass is 10.0. The molecule has 2 rings (SSSR count). The number of esters is 1. The summed E-state index contributed by atoms with van der Waals surface area (Å²) in [6, 6.07) is 0.